The largest absolute Gasteiger partial charge is 0.481 e. The molecule has 0 saturated heterocycles. The van der Waals surface area contributed by atoms with Gasteiger partial charge in [0.2, 0.25) is 0 Å². The number of carboxylic acid groups (broad SMARTS) is 1. The van der Waals surface area contributed by atoms with E-state index in [1.165, 1.54) is 0 Å². The maximum Gasteiger partial charge on any atom is 0.303 e. The zero-order valence-electron chi connectivity index (χ0n) is 16.6. The molecule has 0 aliphatic heterocycles. The SMILES string of the molecule is CCCCC(O)c1cccc([C@@H]2[C@@H](C/C=C\CCCC(=O)O)[C@@H](Cl)C[C@H]2O)c1. The van der Waals surface area contributed by atoms with E-state index >= 15 is 0 Å². The van der Waals surface area contributed by atoms with Crippen LogP contribution >= 0.6 is 11.6 Å². The fourth-order valence-corrected chi connectivity index (χ4v) is 4.55. The minimum Gasteiger partial charge on any atom is -0.481 e. The Balaban J connectivity index is 2.05. The molecule has 1 fully saturated rings. The van der Waals surface area contributed by atoms with Crippen molar-refractivity contribution in [1.29, 1.82) is 0 Å². The van der Waals surface area contributed by atoms with Crippen molar-refractivity contribution in [1.82, 2.24) is 0 Å². The molecule has 3 N–H and O–H groups in total. The van der Waals surface area contributed by atoms with Gasteiger partial charge in [0.15, 0.2) is 0 Å². The topological polar surface area (TPSA) is 77.8 Å². The zero-order valence-corrected chi connectivity index (χ0v) is 17.4. The third-order valence-corrected chi connectivity index (χ3v) is 6.16. The number of aliphatic hydroxyl groups is 2. The molecule has 2 rings (SSSR count). The Kier molecular flexibility index (Phi) is 9.49. The number of hydrogen-bond acceptors (Lipinski definition) is 3. The minimum atomic E-state index is -0.769. The summed E-state index contributed by atoms with van der Waals surface area (Å²) in [5.74, 6) is -0.700. The first kappa shape index (κ1) is 22.9. The van der Waals surface area contributed by atoms with Gasteiger partial charge in [0.25, 0.3) is 0 Å². The lowest BCUT2D eigenvalue weighted by Crippen LogP contribution is -2.18. The smallest absolute Gasteiger partial charge is 0.303 e. The number of rotatable bonds is 11. The lowest BCUT2D eigenvalue weighted by molar-refractivity contribution is -0.137. The molecule has 28 heavy (non-hydrogen) atoms. The maximum absolute atomic E-state index is 10.6. The van der Waals surface area contributed by atoms with Gasteiger partial charge >= 0.3 is 5.97 Å². The lowest BCUT2D eigenvalue weighted by atomic mass is 9.84. The average molecular weight is 409 g/mol. The van der Waals surface area contributed by atoms with Crippen LogP contribution in [-0.2, 0) is 4.79 Å². The van der Waals surface area contributed by atoms with E-state index in [0.29, 0.717) is 12.8 Å². The highest BCUT2D eigenvalue weighted by Crippen LogP contribution is 2.45. The van der Waals surface area contributed by atoms with Crippen LogP contribution in [0.1, 0.15) is 81.4 Å². The molecule has 0 bridgehead atoms. The second-order valence-corrected chi connectivity index (χ2v) is 8.39. The number of alkyl halides is 1. The van der Waals surface area contributed by atoms with Crippen molar-refractivity contribution in [3.8, 4) is 0 Å². The Bertz CT molecular complexity index is 645. The van der Waals surface area contributed by atoms with Gasteiger partial charge in [-0.05, 0) is 49.1 Å². The molecule has 1 aromatic carbocycles. The van der Waals surface area contributed by atoms with Crippen molar-refractivity contribution in [2.45, 2.75) is 81.8 Å². The summed E-state index contributed by atoms with van der Waals surface area (Å²) in [7, 11) is 0. The third-order valence-electron chi connectivity index (χ3n) is 5.65. The van der Waals surface area contributed by atoms with Gasteiger partial charge in [0.05, 0.1) is 12.2 Å². The summed E-state index contributed by atoms with van der Waals surface area (Å²) in [6, 6.07) is 7.93. The van der Waals surface area contributed by atoms with Crippen LogP contribution in [0.2, 0.25) is 0 Å². The van der Waals surface area contributed by atoms with Gasteiger partial charge in [0.1, 0.15) is 0 Å². The quantitative estimate of drug-likeness (QED) is 0.267. The molecule has 0 heterocycles. The van der Waals surface area contributed by atoms with Crippen LogP contribution in [-0.4, -0.2) is 32.8 Å². The van der Waals surface area contributed by atoms with Gasteiger partial charge in [0, 0.05) is 17.7 Å². The highest BCUT2D eigenvalue weighted by molar-refractivity contribution is 6.21. The van der Waals surface area contributed by atoms with E-state index in [-0.39, 0.29) is 23.6 Å². The molecule has 5 atom stereocenters. The van der Waals surface area contributed by atoms with Gasteiger partial charge in [-0.2, -0.15) is 0 Å². The summed E-state index contributed by atoms with van der Waals surface area (Å²) in [4.78, 5) is 10.6. The third kappa shape index (κ3) is 6.61. The zero-order chi connectivity index (χ0) is 20.5. The predicted octanol–water partition coefficient (Wildman–Crippen LogP) is 5.18. The van der Waals surface area contributed by atoms with E-state index in [2.05, 4.69) is 13.0 Å². The second kappa shape index (κ2) is 11.6. The van der Waals surface area contributed by atoms with E-state index < -0.39 is 18.2 Å². The van der Waals surface area contributed by atoms with Crippen molar-refractivity contribution in [3.63, 3.8) is 0 Å². The fraction of sp³-hybridized carbons (Fsp3) is 0.609. The van der Waals surface area contributed by atoms with Crippen LogP contribution < -0.4 is 0 Å². The van der Waals surface area contributed by atoms with Gasteiger partial charge in [-0.1, -0.05) is 56.2 Å². The Morgan fingerprint density at radius 2 is 2.11 bits per heavy atom. The number of halogens is 1. The van der Waals surface area contributed by atoms with Crippen molar-refractivity contribution in [3.05, 3.63) is 47.5 Å². The maximum atomic E-state index is 10.6. The van der Waals surface area contributed by atoms with Crippen LogP contribution in [0.5, 0.6) is 0 Å². The molecule has 1 aromatic rings. The van der Waals surface area contributed by atoms with E-state index in [1.807, 2.05) is 30.3 Å². The van der Waals surface area contributed by atoms with Crippen LogP contribution in [0.15, 0.2) is 36.4 Å². The van der Waals surface area contributed by atoms with Gasteiger partial charge in [-0.25, -0.2) is 0 Å². The summed E-state index contributed by atoms with van der Waals surface area (Å²) in [6.45, 7) is 2.11. The summed E-state index contributed by atoms with van der Waals surface area (Å²) >= 11 is 6.55. The molecule has 0 amide bonds. The Morgan fingerprint density at radius 3 is 2.82 bits per heavy atom. The summed E-state index contributed by atoms with van der Waals surface area (Å²) in [5.41, 5.74) is 1.94. The first-order chi connectivity index (χ1) is 13.4. The predicted molar refractivity (Wildman–Crippen MR) is 113 cm³/mol. The van der Waals surface area contributed by atoms with Crippen LogP contribution in [0.4, 0.5) is 0 Å². The van der Waals surface area contributed by atoms with E-state index in [9.17, 15) is 15.0 Å². The van der Waals surface area contributed by atoms with E-state index in [4.69, 9.17) is 16.7 Å². The Labute approximate surface area is 173 Å². The molecule has 1 aliphatic rings. The molecular weight excluding hydrogens is 376 g/mol. The molecule has 0 spiro atoms. The molecule has 156 valence electrons. The van der Waals surface area contributed by atoms with Crippen LogP contribution in [0, 0.1) is 5.92 Å². The Hall–Kier alpha value is -1.36. The summed E-state index contributed by atoms with van der Waals surface area (Å²) in [6.07, 6.45) is 8.75. The number of allylic oxidation sites excluding steroid dienone is 2. The first-order valence-electron chi connectivity index (χ1n) is 10.4. The van der Waals surface area contributed by atoms with E-state index in [0.717, 1.165) is 43.2 Å². The molecule has 1 saturated carbocycles. The highest BCUT2D eigenvalue weighted by atomic mass is 35.5. The lowest BCUT2D eigenvalue weighted by Gasteiger charge is -2.24. The minimum absolute atomic E-state index is 0.0514. The molecule has 0 aromatic heterocycles. The van der Waals surface area contributed by atoms with Gasteiger partial charge in [-0.3, -0.25) is 4.79 Å². The molecule has 0 radical (unpaired) electrons. The summed E-state index contributed by atoms with van der Waals surface area (Å²) in [5, 5.41) is 29.6. The summed E-state index contributed by atoms with van der Waals surface area (Å²) < 4.78 is 0. The van der Waals surface area contributed by atoms with Crippen molar-refractivity contribution in [2.24, 2.45) is 5.92 Å². The standard InChI is InChI=1S/C23H33ClO4/c1-2-3-12-20(25)16-9-8-10-17(14-16)23-18(19(24)15-21(23)26)11-6-4-5-7-13-22(27)28/h4,6,8-10,14,18-21,23,25-26H,2-3,5,7,11-13,15H2,1H3,(H,27,28)/b6-4-/t18-,19-,20?,21+,23+/m0/s1. The average Bonchev–Trinajstić information content (AvgIpc) is 2.95. The number of aliphatic hydroxyl groups excluding tert-OH is 2. The molecule has 5 heteroatoms. The van der Waals surface area contributed by atoms with E-state index in [1.54, 1.807) is 0 Å². The normalized spacial score (nSPS) is 26.0. The number of carboxylic acids is 1. The fourth-order valence-electron chi connectivity index (χ4n) is 4.11. The number of benzene rings is 1. The molecule has 4 nitrogen and oxygen atoms in total. The first-order valence-corrected chi connectivity index (χ1v) is 10.8. The monoisotopic (exact) mass is 408 g/mol. The Morgan fingerprint density at radius 1 is 1.32 bits per heavy atom. The number of carbonyl (C=O) groups is 1. The van der Waals surface area contributed by atoms with Crippen LogP contribution in [0.25, 0.3) is 0 Å². The molecule has 1 unspecified atom stereocenters. The molecule has 1 aliphatic carbocycles. The van der Waals surface area contributed by atoms with Crippen molar-refractivity contribution >= 4 is 17.6 Å². The van der Waals surface area contributed by atoms with Crippen molar-refractivity contribution < 1.29 is 20.1 Å². The number of hydrogen-bond donors (Lipinski definition) is 3. The van der Waals surface area contributed by atoms with Crippen LogP contribution in [0.3, 0.4) is 0 Å². The number of unbranched alkanes of at least 4 members (excludes halogenated alkanes) is 2. The molecular formula is C23H33ClO4. The highest BCUT2D eigenvalue weighted by Gasteiger charge is 2.41. The van der Waals surface area contributed by atoms with Gasteiger partial charge < -0.3 is 15.3 Å². The number of aliphatic carboxylic acids is 1. The van der Waals surface area contributed by atoms with Crippen molar-refractivity contribution in [2.75, 3.05) is 0 Å². The second-order valence-electron chi connectivity index (χ2n) is 7.83. The van der Waals surface area contributed by atoms with Gasteiger partial charge in [-0.15, -0.1) is 11.6 Å².